The molecule has 3 nitrogen and oxygen atoms in total. The molecule has 6 heteroatoms. The fourth-order valence-electron chi connectivity index (χ4n) is 2.75. The molecule has 2 N–H and O–H groups in total. The Labute approximate surface area is 137 Å². The molecule has 2 aromatic carbocycles. The molecule has 1 aliphatic rings. The quantitative estimate of drug-likeness (QED) is 0.824. The number of carbonyl (C=O) groups is 1. The molecule has 2 aromatic rings. The number of nitrogens with one attached hydrogen (secondary N) is 1. The lowest BCUT2D eigenvalue weighted by atomic mass is 9.92. The first-order valence-corrected chi connectivity index (χ1v) is 7.59. The Hall–Kier alpha value is -2.34. The molecule has 1 saturated carbocycles. The van der Waals surface area contributed by atoms with Gasteiger partial charge in [0.2, 0.25) is 0 Å². The second kappa shape index (κ2) is 6.28. The Balaban J connectivity index is 1.70. The van der Waals surface area contributed by atoms with Crippen LogP contribution in [-0.2, 0) is 0 Å². The van der Waals surface area contributed by atoms with Crippen LogP contribution in [0.3, 0.4) is 0 Å². The summed E-state index contributed by atoms with van der Waals surface area (Å²) in [5, 5.41) is 13.0. The summed E-state index contributed by atoms with van der Waals surface area (Å²) < 4.78 is 39.8. The standard InChI is InChI=1S/C18H16F3NO2/c19-13-7-6-12(14(20)15(13)21)17(24)22-10-18(8-9-18)16(23)11-4-2-1-3-5-11/h1-7,16,23H,8-10H2,(H,22,24)/t16-/m0/s1. The van der Waals surface area contributed by atoms with Crippen molar-refractivity contribution in [1.82, 2.24) is 5.32 Å². The van der Waals surface area contributed by atoms with Crippen LogP contribution >= 0.6 is 0 Å². The number of aliphatic hydroxyl groups excluding tert-OH is 1. The molecule has 1 amide bonds. The van der Waals surface area contributed by atoms with Gasteiger partial charge in [0.05, 0.1) is 11.7 Å². The minimum absolute atomic E-state index is 0.125. The van der Waals surface area contributed by atoms with Crippen LogP contribution in [0.1, 0.15) is 34.9 Å². The fraction of sp³-hybridized carbons (Fsp3) is 0.278. The Morgan fingerprint density at radius 2 is 1.75 bits per heavy atom. The monoisotopic (exact) mass is 335 g/mol. The number of rotatable bonds is 5. The summed E-state index contributed by atoms with van der Waals surface area (Å²) >= 11 is 0. The minimum Gasteiger partial charge on any atom is -0.388 e. The summed E-state index contributed by atoms with van der Waals surface area (Å²) in [5.41, 5.74) is -0.325. The van der Waals surface area contributed by atoms with Crippen LogP contribution in [-0.4, -0.2) is 17.6 Å². The minimum atomic E-state index is -1.67. The molecular formula is C18H16F3NO2. The molecule has 1 fully saturated rings. The SMILES string of the molecule is O=C(NCC1([C@@H](O)c2ccccc2)CC1)c1ccc(F)c(F)c1F. The number of hydrogen-bond donors (Lipinski definition) is 2. The zero-order valence-electron chi connectivity index (χ0n) is 12.7. The molecule has 0 spiro atoms. The fourth-order valence-corrected chi connectivity index (χ4v) is 2.75. The van der Waals surface area contributed by atoms with Gasteiger partial charge in [0.25, 0.3) is 5.91 Å². The Kier molecular flexibility index (Phi) is 4.32. The van der Waals surface area contributed by atoms with Gasteiger partial charge in [-0.1, -0.05) is 30.3 Å². The summed E-state index contributed by atoms with van der Waals surface area (Å²) in [6.07, 6.45) is 0.668. The van der Waals surface area contributed by atoms with Gasteiger partial charge in [-0.05, 0) is 30.5 Å². The van der Waals surface area contributed by atoms with Crippen LogP contribution in [0.2, 0.25) is 0 Å². The molecule has 0 unspecified atom stereocenters. The molecule has 0 heterocycles. The van der Waals surface area contributed by atoms with Gasteiger partial charge in [0.15, 0.2) is 17.5 Å². The number of aliphatic hydroxyl groups is 1. The first-order valence-electron chi connectivity index (χ1n) is 7.59. The largest absolute Gasteiger partial charge is 0.388 e. The van der Waals surface area contributed by atoms with Gasteiger partial charge >= 0.3 is 0 Å². The van der Waals surface area contributed by atoms with Crippen LogP contribution in [0.5, 0.6) is 0 Å². The van der Waals surface area contributed by atoms with Gasteiger partial charge in [-0.25, -0.2) is 13.2 Å². The lowest BCUT2D eigenvalue weighted by Gasteiger charge is -2.23. The molecular weight excluding hydrogens is 319 g/mol. The van der Waals surface area contributed by atoms with E-state index in [0.717, 1.165) is 11.6 Å². The van der Waals surface area contributed by atoms with Crippen molar-refractivity contribution in [3.05, 3.63) is 71.0 Å². The van der Waals surface area contributed by atoms with Crippen LogP contribution in [0.4, 0.5) is 13.2 Å². The van der Waals surface area contributed by atoms with E-state index in [1.165, 1.54) is 0 Å². The van der Waals surface area contributed by atoms with E-state index in [0.29, 0.717) is 18.9 Å². The smallest absolute Gasteiger partial charge is 0.254 e. The maximum atomic E-state index is 13.6. The van der Waals surface area contributed by atoms with Crippen molar-refractivity contribution in [2.75, 3.05) is 6.54 Å². The number of carbonyl (C=O) groups excluding carboxylic acids is 1. The molecule has 24 heavy (non-hydrogen) atoms. The normalized spacial score (nSPS) is 16.5. The van der Waals surface area contributed by atoms with E-state index >= 15 is 0 Å². The van der Waals surface area contributed by atoms with Crippen molar-refractivity contribution < 1.29 is 23.1 Å². The van der Waals surface area contributed by atoms with E-state index in [1.807, 2.05) is 18.2 Å². The van der Waals surface area contributed by atoms with Crippen molar-refractivity contribution in [2.45, 2.75) is 18.9 Å². The third-order valence-electron chi connectivity index (χ3n) is 4.47. The average molecular weight is 335 g/mol. The average Bonchev–Trinajstić information content (AvgIpc) is 3.39. The third kappa shape index (κ3) is 3.01. The number of halogens is 3. The zero-order valence-corrected chi connectivity index (χ0v) is 12.7. The molecule has 0 radical (unpaired) electrons. The molecule has 3 rings (SSSR count). The van der Waals surface area contributed by atoms with Crippen molar-refractivity contribution in [3.8, 4) is 0 Å². The molecule has 0 bridgehead atoms. The van der Waals surface area contributed by atoms with Crippen LogP contribution in [0.15, 0.2) is 42.5 Å². The van der Waals surface area contributed by atoms with Gasteiger partial charge in [0, 0.05) is 12.0 Å². The zero-order chi connectivity index (χ0) is 17.3. The summed E-state index contributed by atoms with van der Waals surface area (Å²) in [6, 6.07) is 10.6. The molecule has 1 aliphatic carbocycles. The highest BCUT2D eigenvalue weighted by atomic mass is 19.2. The lowest BCUT2D eigenvalue weighted by Crippen LogP contribution is -2.34. The Bertz CT molecular complexity index is 760. The van der Waals surface area contributed by atoms with E-state index in [9.17, 15) is 23.1 Å². The number of hydrogen-bond acceptors (Lipinski definition) is 2. The van der Waals surface area contributed by atoms with E-state index in [1.54, 1.807) is 12.1 Å². The van der Waals surface area contributed by atoms with Gasteiger partial charge in [-0.2, -0.15) is 0 Å². The van der Waals surface area contributed by atoms with Crippen LogP contribution in [0, 0.1) is 22.9 Å². The van der Waals surface area contributed by atoms with Gasteiger partial charge < -0.3 is 10.4 Å². The van der Waals surface area contributed by atoms with E-state index in [-0.39, 0.29) is 6.54 Å². The first kappa shape index (κ1) is 16.5. The summed E-state index contributed by atoms with van der Waals surface area (Å²) in [5.74, 6) is -5.37. The molecule has 0 aromatic heterocycles. The lowest BCUT2D eigenvalue weighted by molar-refractivity contribution is 0.0805. The maximum Gasteiger partial charge on any atom is 0.254 e. The van der Waals surface area contributed by atoms with Crippen molar-refractivity contribution in [1.29, 1.82) is 0 Å². The summed E-state index contributed by atoms with van der Waals surface area (Å²) in [6.45, 7) is 0.125. The molecule has 126 valence electrons. The van der Waals surface area contributed by atoms with Gasteiger partial charge in [0.1, 0.15) is 0 Å². The van der Waals surface area contributed by atoms with Crippen molar-refractivity contribution >= 4 is 5.91 Å². The Morgan fingerprint density at radius 3 is 2.38 bits per heavy atom. The van der Waals surface area contributed by atoms with Gasteiger partial charge in [-0.3, -0.25) is 4.79 Å². The predicted octanol–water partition coefficient (Wildman–Crippen LogP) is 3.35. The highest BCUT2D eigenvalue weighted by Crippen LogP contribution is 2.54. The van der Waals surface area contributed by atoms with E-state index in [2.05, 4.69) is 5.32 Å². The first-order chi connectivity index (χ1) is 11.4. The maximum absolute atomic E-state index is 13.6. The van der Waals surface area contributed by atoms with Crippen molar-refractivity contribution in [2.24, 2.45) is 5.41 Å². The Morgan fingerprint density at radius 1 is 1.08 bits per heavy atom. The van der Waals surface area contributed by atoms with E-state index in [4.69, 9.17) is 0 Å². The third-order valence-corrected chi connectivity index (χ3v) is 4.47. The number of benzene rings is 2. The molecule has 0 saturated heterocycles. The number of amides is 1. The topological polar surface area (TPSA) is 49.3 Å². The second-order valence-corrected chi connectivity index (χ2v) is 6.08. The molecule has 1 atom stereocenters. The summed E-state index contributed by atoms with van der Waals surface area (Å²) in [4.78, 5) is 12.0. The molecule has 0 aliphatic heterocycles. The summed E-state index contributed by atoms with van der Waals surface area (Å²) in [7, 11) is 0. The predicted molar refractivity (Wildman–Crippen MR) is 81.7 cm³/mol. The van der Waals surface area contributed by atoms with Crippen molar-refractivity contribution in [3.63, 3.8) is 0 Å². The second-order valence-electron chi connectivity index (χ2n) is 6.08. The van der Waals surface area contributed by atoms with Gasteiger partial charge in [-0.15, -0.1) is 0 Å². The highest BCUT2D eigenvalue weighted by molar-refractivity contribution is 5.94. The van der Waals surface area contributed by atoms with Crippen LogP contribution < -0.4 is 5.32 Å². The van der Waals surface area contributed by atoms with E-state index < -0.39 is 40.4 Å². The highest BCUT2D eigenvalue weighted by Gasteiger charge is 2.49. The van der Waals surface area contributed by atoms with Crippen LogP contribution in [0.25, 0.3) is 0 Å².